The first kappa shape index (κ1) is 13.8. The van der Waals surface area contributed by atoms with Gasteiger partial charge in [0, 0.05) is 0 Å². The molecule has 2 aliphatic rings. The van der Waals surface area contributed by atoms with Gasteiger partial charge in [-0.1, -0.05) is 58.3 Å². The molecule has 0 radical (unpaired) electrons. The summed E-state index contributed by atoms with van der Waals surface area (Å²) in [5.41, 5.74) is 0. The van der Waals surface area contributed by atoms with Gasteiger partial charge in [0.25, 0.3) is 0 Å². The number of hydrogen-bond donors (Lipinski definition) is 1. The highest BCUT2D eigenvalue weighted by Crippen LogP contribution is 2.46. The van der Waals surface area contributed by atoms with Crippen LogP contribution in [0.3, 0.4) is 0 Å². The summed E-state index contributed by atoms with van der Waals surface area (Å²) in [5, 5.41) is 0. The molecule has 2 fully saturated rings. The van der Waals surface area contributed by atoms with Gasteiger partial charge in [-0.25, -0.2) is 0 Å². The van der Waals surface area contributed by atoms with Crippen molar-refractivity contribution >= 4 is 12.6 Å². The summed E-state index contributed by atoms with van der Waals surface area (Å²) in [4.78, 5) is 0. The van der Waals surface area contributed by atoms with Crippen molar-refractivity contribution in [3.8, 4) is 0 Å². The molecule has 17 heavy (non-hydrogen) atoms. The van der Waals surface area contributed by atoms with Crippen LogP contribution in [0, 0.1) is 23.7 Å². The van der Waals surface area contributed by atoms with Crippen molar-refractivity contribution in [1.29, 1.82) is 0 Å². The molecule has 0 nitrogen and oxygen atoms in total. The Balaban J connectivity index is 1.94. The zero-order chi connectivity index (χ0) is 12.1. The summed E-state index contributed by atoms with van der Waals surface area (Å²) in [6, 6.07) is 0. The van der Waals surface area contributed by atoms with Crippen LogP contribution < -0.4 is 0 Å². The fourth-order valence-electron chi connectivity index (χ4n) is 4.48. The third kappa shape index (κ3) is 3.43. The first-order chi connectivity index (χ1) is 8.36. The molecule has 0 bridgehead atoms. The molecule has 0 aromatic carbocycles. The summed E-state index contributed by atoms with van der Waals surface area (Å²) in [7, 11) is 0. The van der Waals surface area contributed by atoms with E-state index >= 15 is 0 Å². The summed E-state index contributed by atoms with van der Waals surface area (Å²) >= 11 is 4.66. The lowest BCUT2D eigenvalue weighted by Crippen LogP contribution is -2.24. The van der Waals surface area contributed by atoms with E-state index in [-0.39, 0.29) is 0 Å². The molecule has 2 rings (SSSR count). The standard InChI is InChI=1S/C16H30S/c1-2-13-10-11-15(16(13)12-17)14-8-6-4-3-5-7-9-14/h13-17H,2-12H2,1H3/t13?,15-,16?/m1/s1. The van der Waals surface area contributed by atoms with Crippen molar-refractivity contribution in [3.05, 3.63) is 0 Å². The van der Waals surface area contributed by atoms with Gasteiger partial charge in [0.1, 0.15) is 0 Å². The second kappa shape index (κ2) is 7.07. The first-order valence-corrected chi connectivity index (χ1v) is 8.61. The fourth-order valence-corrected chi connectivity index (χ4v) is 5.05. The minimum absolute atomic E-state index is 0.938. The smallest absolute Gasteiger partial charge is 0.00641 e. The minimum atomic E-state index is 0.938. The zero-order valence-electron chi connectivity index (χ0n) is 11.5. The van der Waals surface area contributed by atoms with E-state index in [4.69, 9.17) is 0 Å². The van der Waals surface area contributed by atoms with E-state index in [0.29, 0.717) is 0 Å². The fraction of sp³-hybridized carbons (Fsp3) is 1.00. The lowest BCUT2D eigenvalue weighted by Gasteiger charge is -2.31. The molecule has 0 aromatic heterocycles. The van der Waals surface area contributed by atoms with Gasteiger partial charge in [-0.15, -0.1) is 0 Å². The van der Waals surface area contributed by atoms with Crippen LogP contribution in [0.2, 0.25) is 0 Å². The molecular formula is C16H30S. The number of hydrogen-bond acceptors (Lipinski definition) is 1. The maximum Gasteiger partial charge on any atom is -0.00641 e. The summed E-state index contributed by atoms with van der Waals surface area (Å²) < 4.78 is 0. The highest BCUT2D eigenvalue weighted by Gasteiger charge is 2.37. The van der Waals surface area contributed by atoms with E-state index in [1.54, 1.807) is 0 Å². The summed E-state index contributed by atoms with van der Waals surface area (Å²) in [6.07, 6.45) is 14.9. The van der Waals surface area contributed by atoms with E-state index in [9.17, 15) is 0 Å². The van der Waals surface area contributed by atoms with Gasteiger partial charge in [-0.3, -0.25) is 0 Å². The molecule has 2 aliphatic carbocycles. The van der Waals surface area contributed by atoms with Crippen LogP contribution in [-0.4, -0.2) is 5.75 Å². The van der Waals surface area contributed by atoms with Crippen molar-refractivity contribution in [2.75, 3.05) is 5.75 Å². The summed E-state index contributed by atoms with van der Waals surface area (Å²) in [6.45, 7) is 2.38. The Bertz CT molecular complexity index is 206. The molecule has 100 valence electrons. The van der Waals surface area contributed by atoms with Gasteiger partial charge in [-0.2, -0.15) is 12.6 Å². The van der Waals surface area contributed by atoms with Gasteiger partial charge in [0.2, 0.25) is 0 Å². The van der Waals surface area contributed by atoms with Crippen molar-refractivity contribution in [3.63, 3.8) is 0 Å². The Kier molecular flexibility index (Phi) is 5.72. The Morgan fingerprint density at radius 2 is 1.53 bits per heavy atom. The molecule has 2 saturated carbocycles. The van der Waals surface area contributed by atoms with E-state index in [1.807, 2.05) is 0 Å². The van der Waals surface area contributed by atoms with Crippen LogP contribution in [-0.2, 0) is 0 Å². The van der Waals surface area contributed by atoms with Crippen LogP contribution in [0.1, 0.15) is 71.1 Å². The monoisotopic (exact) mass is 254 g/mol. The van der Waals surface area contributed by atoms with Crippen LogP contribution in [0.25, 0.3) is 0 Å². The molecule has 2 unspecified atom stereocenters. The van der Waals surface area contributed by atoms with E-state index in [2.05, 4.69) is 19.6 Å². The molecule has 0 amide bonds. The van der Waals surface area contributed by atoms with Crippen LogP contribution >= 0.6 is 12.6 Å². The second-order valence-corrected chi connectivity index (χ2v) is 6.73. The Morgan fingerprint density at radius 1 is 0.882 bits per heavy atom. The van der Waals surface area contributed by atoms with Gasteiger partial charge in [0.05, 0.1) is 0 Å². The predicted molar refractivity (Wildman–Crippen MR) is 79.7 cm³/mol. The Morgan fingerprint density at radius 3 is 2.12 bits per heavy atom. The third-order valence-electron chi connectivity index (χ3n) is 5.52. The van der Waals surface area contributed by atoms with E-state index in [1.165, 1.54) is 64.2 Å². The Labute approximate surface area is 113 Å². The largest absolute Gasteiger partial charge is 0.179 e. The van der Waals surface area contributed by atoms with E-state index < -0.39 is 0 Å². The molecular weight excluding hydrogens is 224 g/mol. The maximum atomic E-state index is 4.66. The molecule has 0 heterocycles. The lowest BCUT2D eigenvalue weighted by molar-refractivity contribution is 0.207. The van der Waals surface area contributed by atoms with Crippen molar-refractivity contribution in [1.82, 2.24) is 0 Å². The van der Waals surface area contributed by atoms with E-state index in [0.717, 1.165) is 29.4 Å². The van der Waals surface area contributed by atoms with Gasteiger partial charge in [0.15, 0.2) is 0 Å². The molecule has 0 aliphatic heterocycles. The molecule has 1 heteroatoms. The molecule has 0 spiro atoms. The number of thiol groups is 1. The highest BCUT2D eigenvalue weighted by atomic mass is 32.1. The predicted octanol–water partition coefficient (Wildman–Crippen LogP) is 5.33. The topological polar surface area (TPSA) is 0 Å². The molecule has 0 N–H and O–H groups in total. The molecule has 0 saturated heterocycles. The average molecular weight is 254 g/mol. The average Bonchev–Trinajstić information content (AvgIpc) is 2.71. The van der Waals surface area contributed by atoms with Crippen molar-refractivity contribution in [2.24, 2.45) is 23.7 Å². The Hall–Kier alpha value is 0.350. The summed E-state index contributed by atoms with van der Waals surface area (Å²) in [5.74, 6) is 5.13. The SMILES string of the molecule is CCC1CC[C@H](C2CCCCCCC2)C1CS. The van der Waals surface area contributed by atoms with Gasteiger partial charge in [-0.05, 0) is 42.3 Å². The first-order valence-electron chi connectivity index (χ1n) is 7.97. The van der Waals surface area contributed by atoms with Gasteiger partial charge >= 0.3 is 0 Å². The van der Waals surface area contributed by atoms with Crippen LogP contribution in [0.5, 0.6) is 0 Å². The van der Waals surface area contributed by atoms with Crippen LogP contribution in [0.4, 0.5) is 0 Å². The van der Waals surface area contributed by atoms with Crippen LogP contribution in [0.15, 0.2) is 0 Å². The quantitative estimate of drug-likeness (QED) is 0.647. The molecule has 3 atom stereocenters. The second-order valence-electron chi connectivity index (χ2n) is 6.36. The molecule has 0 aromatic rings. The minimum Gasteiger partial charge on any atom is -0.179 e. The maximum absolute atomic E-state index is 4.66. The highest BCUT2D eigenvalue weighted by molar-refractivity contribution is 7.80. The lowest BCUT2D eigenvalue weighted by atomic mass is 9.76. The normalized spacial score (nSPS) is 36.7. The number of rotatable bonds is 3. The zero-order valence-corrected chi connectivity index (χ0v) is 12.4. The third-order valence-corrected chi connectivity index (χ3v) is 5.94. The van der Waals surface area contributed by atoms with Crippen molar-refractivity contribution in [2.45, 2.75) is 71.1 Å². The van der Waals surface area contributed by atoms with Gasteiger partial charge < -0.3 is 0 Å². The van der Waals surface area contributed by atoms with Crippen molar-refractivity contribution < 1.29 is 0 Å².